The molecule has 146 valence electrons. The molecule has 0 aromatic carbocycles. The summed E-state index contributed by atoms with van der Waals surface area (Å²) in [7, 11) is 0.288. The maximum absolute atomic E-state index is 12.6. The van der Waals surface area contributed by atoms with Crippen molar-refractivity contribution in [3.05, 3.63) is 18.6 Å². The van der Waals surface area contributed by atoms with Gasteiger partial charge < -0.3 is 14.8 Å². The lowest BCUT2D eigenvalue weighted by Gasteiger charge is -2.42. The van der Waals surface area contributed by atoms with Crippen LogP contribution in [0, 0.1) is 5.92 Å². The van der Waals surface area contributed by atoms with E-state index < -0.39 is 10.0 Å². The standard InChI is InChI=1S/C17H24N6O3S/c1-21-5-6-23(9-15(21)24)27(25,26)10-12-7-13(8-12)22(2)17-14-3-4-18-16(14)19-11-20-17/h3-4,11-13H,5-10H2,1-2H3,(H,18,19,20)/t12-,13+. The van der Waals surface area contributed by atoms with Crippen LogP contribution in [0.25, 0.3) is 11.0 Å². The van der Waals surface area contributed by atoms with E-state index in [1.54, 1.807) is 11.9 Å². The number of amides is 1. The fraction of sp³-hybridized carbons (Fsp3) is 0.588. The van der Waals surface area contributed by atoms with Crippen molar-refractivity contribution >= 4 is 32.8 Å². The lowest BCUT2D eigenvalue weighted by Crippen LogP contribution is -2.53. The molecule has 2 aliphatic rings. The Hall–Kier alpha value is -2.20. The third-order valence-electron chi connectivity index (χ3n) is 5.69. The maximum Gasteiger partial charge on any atom is 0.237 e. The van der Waals surface area contributed by atoms with Crippen LogP contribution < -0.4 is 4.90 Å². The van der Waals surface area contributed by atoms with Crippen LogP contribution in [0.1, 0.15) is 12.8 Å². The Bertz CT molecular complexity index is 952. The van der Waals surface area contributed by atoms with Crippen LogP contribution in [-0.2, 0) is 14.8 Å². The molecule has 1 aliphatic carbocycles. The molecule has 4 rings (SSSR count). The summed E-state index contributed by atoms with van der Waals surface area (Å²) in [6, 6.07) is 2.21. The Labute approximate surface area is 158 Å². The fourth-order valence-corrected chi connectivity index (χ4v) is 5.59. The van der Waals surface area contributed by atoms with E-state index in [4.69, 9.17) is 0 Å². The Morgan fingerprint density at radius 2 is 2.07 bits per heavy atom. The highest BCUT2D eigenvalue weighted by molar-refractivity contribution is 7.89. The molecule has 0 atom stereocenters. The summed E-state index contributed by atoms with van der Waals surface area (Å²) in [5.41, 5.74) is 0.796. The zero-order valence-corrected chi connectivity index (χ0v) is 16.3. The van der Waals surface area contributed by atoms with Gasteiger partial charge in [-0.25, -0.2) is 18.4 Å². The van der Waals surface area contributed by atoms with Gasteiger partial charge in [0.15, 0.2) is 0 Å². The van der Waals surface area contributed by atoms with Gasteiger partial charge in [-0.2, -0.15) is 4.31 Å². The predicted octanol–water partition coefficient (Wildman–Crippen LogP) is 0.277. The van der Waals surface area contributed by atoms with Crippen molar-refractivity contribution in [3.8, 4) is 0 Å². The van der Waals surface area contributed by atoms with E-state index in [-0.39, 0.29) is 30.2 Å². The molecule has 0 unspecified atom stereocenters. The molecule has 1 aliphatic heterocycles. The van der Waals surface area contributed by atoms with E-state index in [2.05, 4.69) is 19.9 Å². The molecule has 0 spiro atoms. The molecule has 10 heteroatoms. The number of rotatable bonds is 5. The fourth-order valence-electron chi connectivity index (χ4n) is 3.84. The Kier molecular flexibility index (Phi) is 4.55. The van der Waals surface area contributed by atoms with Gasteiger partial charge in [-0.1, -0.05) is 0 Å². The third kappa shape index (κ3) is 3.39. The summed E-state index contributed by atoms with van der Waals surface area (Å²) >= 11 is 0. The first kappa shape index (κ1) is 18.2. The number of fused-ring (bicyclic) bond motifs is 1. The summed E-state index contributed by atoms with van der Waals surface area (Å²) in [6.45, 7) is 0.794. The van der Waals surface area contributed by atoms with Crippen molar-refractivity contribution in [1.29, 1.82) is 0 Å². The summed E-state index contributed by atoms with van der Waals surface area (Å²) < 4.78 is 26.6. The first-order valence-corrected chi connectivity index (χ1v) is 10.7. The van der Waals surface area contributed by atoms with Crippen molar-refractivity contribution in [2.75, 3.05) is 44.4 Å². The average Bonchev–Trinajstić information content (AvgIpc) is 3.08. The van der Waals surface area contributed by atoms with Gasteiger partial charge in [0.1, 0.15) is 17.8 Å². The number of carbonyl (C=O) groups excluding carboxylic acids is 1. The number of hydrogen-bond donors (Lipinski definition) is 1. The van der Waals surface area contributed by atoms with Crippen molar-refractivity contribution in [2.24, 2.45) is 5.92 Å². The summed E-state index contributed by atoms with van der Waals surface area (Å²) in [4.78, 5) is 27.2. The monoisotopic (exact) mass is 392 g/mol. The molecule has 1 N–H and O–H groups in total. The van der Waals surface area contributed by atoms with Crippen LogP contribution in [0.5, 0.6) is 0 Å². The zero-order valence-electron chi connectivity index (χ0n) is 15.5. The molecule has 2 aromatic rings. The molecule has 0 radical (unpaired) electrons. The average molecular weight is 392 g/mol. The van der Waals surface area contributed by atoms with Crippen LogP contribution >= 0.6 is 0 Å². The van der Waals surface area contributed by atoms with Gasteiger partial charge in [0, 0.05) is 39.4 Å². The normalized spacial score (nSPS) is 24.2. The molecule has 2 aromatic heterocycles. The number of anilines is 1. The summed E-state index contributed by atoms with van der Waals surface area (Å²) in [5, 5.41) is 0.965. The molecule has 2 fully saturated rings. The number of nitrogens with one attached hydrogen (secondary N) is 1. The number of H-pyrrole nitrogens is 1. The summed E-state index contributed by atoms with van der Waals surface area (Å²) in [5.74, 6) is 0.936. The van der Waals surface area contributed by atoms with E-state index in [0.29, 0.717) is 13.1 Å². The number of likely N-dealkylation sites (N-methyl/N-ethyl adjacent to an activating group) is 1. The molecule has 27 heavy (non-hydrogen) atoms. The maximum atomic E-state index is 12.6. The molecule has 3 heterocycles. The number of nitrogens with zero attached hydrogens (tertiary/aromatic N) is 5. The Morgan fingerprint density at radius 1 is 1.30 bits per heavy atom. The van der Waals surface area contributed by atoms with Crippen LogP contribution in [-0.4, -0.2) is 84.0 Å². The van der Waals surface area contributed by atoms with Gasteiger partial charge in [0.05, 0.1) is 17.7 Å². The molecule has 1 saturated heterocycles. The minimum atomic E-state index is -3.40. The van der Waals surface area contributed by atoms with Gasteiger partial charge in [0.2, 0.25) is 15.9 Å². The highest BCUT2D eigenvalue weighted by Crippen LogP contribution is 2.36. The minimum absolute atomic E-state index is 0.0404. The second-order valence-corrected chi connectivity index (χ2v) is 9.48. The number of piperazine rings is 1. The molecule has 1 saturated carbocycles. The van der Waals surface area contributed by atoms with E-state index >= 15 is 0 Å². The highest BCUT2D eigenvalue weighted by atomic mass is 32.2. The van der Waals surface area contributed by atoms with Crippen LogP contribution in [0.15, 0.2) is 18.6 Å². The van der Waals surface area contributed by atoms with E-state index in [1.165, 1.54) is 10.6 Å². The minimum Gasteiger partial charge on any atom is -0.356 e. The van der Waals surface area contributed by atoms with Crippen molar-refractivity contribution in [2.45, 2.75) is 18.9 Å². The topological polar surface area (TPSA) is 102 Å². The molecule has 9 nitrogen and oxygen atoms in total. The quantitative estimate of drug-likeness (QED) is 0.784. The number of aromatic nitrogens is 3. The number of hydrogen-bond acceptors (Lipinski definition) is 6. The van der Waals surface area contributed by atoms with Crippen LogP contribution in [0.4, 0.5) is 5.82 Å². The zero-order chi connectivity index (χ0) is 19.2. The highest BCUT2D eigenvalue weighted by Gasteiger charge is 2.39. The van der Waals surface area contributed by atoms with Crippen LogP contribution in [0.3, 0.4) is 0 Å². The van der Waals surface area contributed by atoms with Gasteiger partial charge in [-0.05, 0) is 24.8 Å². The lowest BCUT2D eigenvalue weighted by molar-refractivity contribution is -0.132. The SMILES string of the molecule is CN1CCN(S(=O)(=O)C[C@H]2C[C@@H](N(C)c3ncnc4[nH]ccc34)C2)CC1=O. The first-order chi connectivity index (χ1) is 12.8. The van der Waals surface area contributed by atoms with Crippen molar-refractivity contribution < 1.29 is 13.2 Å². The molecule has 0 bridgehead atoms. The smallest absolute Gasteiger partial charge is 0.237 e. The first-order valence-electron chi connectivity index (χ1n) is 9.08. The van der Waals surface area contributed by atoms with Gasteiger partial charge in [-0.3, -0.25) is 4.79 Å². The van der Waals surface area contributed by atoms with E-state index in [0.717, 1.165) is 29.7 Å². The van der Waals surface area contributed by atoms with E-state index in [9.17, 15) is 13.2 Å². The lowest BCUT2D eigenvalue weighted by atomic mass is 9.81. The molecular formula is C17H24N6O3S. The van der Waals surface area contributed by atoms with E-state index in [1.807, 2.05) is 19.3 Å². The van der Waals surface area contributed by atoms with Gasteiger partial charge >= 0.3 is 0 Å². The number of sulfonamides is 1. The van der Waals surface area contributed by atoms with Gasteiger partial charge in [-0.15, -0.1) is 0 Å². The number of carbonyl (C=O) groups is 1. The predicted molar refractivity (Wildman–Crippen MR) is 102 cm³/mol. The third-order valence-corrected chi connectivity index (χ3v) is 7.68. The number of aromatic amines is 1. The van der Waals surface area contributed by atoms with Crippen molar-refractivity contribution in [1.82, 2.24) is 24.2 Å². The second kappa shape index (κ2) is 6.75. The Balaban J connectivity index is 1.37. The Morgan fingerprint density at radius 3 is 2.81 bits per heavy atom. The van der Waals surface area contributed by atoms with Crippen molar-refractivity contribution in [3.63, 3.8) is 0 Å². The summed E-state index contributed by atoms with van der Waals surface area (Å²) in [6.07, 6.45) is 4.97. The van der Waals surface area contributed by atoms with Crippen LogP contribution in [0.2, 0.25) is 0 Å². The largest absolute Gasteiger partial charge is 0.356 e. The second-order valence-electron chi connectivity index (χ2n) is 7.47. The molecular weight excluding hydrogens is 368 g/mol. The van der Waals surface area contributed by atoms with Gasteiger partial charge in [0.25, 0.3) is 0 Å². The molecule has 1 amide bonds.